The predicted octanol–water partition coefficient (Wildman–Crippen LogP) is 3.40. The van der Waals surface area contributed by atoms with Gasteiger partial charge in [0.15, 0.2) is 0 Å². The summed E-state index contributed by atoms with van der Waals surface area (Å²) >= 11 is 0. The fourth-order valence-corrected chi connectivity index (χ4v) is 3.23. The second-order valence-electron chi connectivity index (χ2n) is 5.58. The Morgan fingerprint density at radius 2 is 2.00 bits per heavy atom. The molecule has 1 N–H and O–H groups in total. The van der Waals surface area contributed by atoms with Crippen molar-refractivity contribution in [3.8, 4) is 0 Å². The van der Waals surface area contributed by atoms with Gasteiger partial charge in [0.05, 0.1) is 5.56 Å². The Balaban J connectivity index is 1.98. The van der Waals surface area contributed by atoms with Crippen LogP contribution in [0.3, 0.4) is 0 Å². The van der Waals surface area contributed by atoms with Gasteiger partial charge in [0.25, 0.3) is 0 Å². The zero-order valence-electron chi connectivity index (χ0n) is 11.8. The zero-order chi connectivity index (χ0) is 13.8. The van der Waals surface area contributed by atoms with E-state index in [9.17, 15) is 4.79 Å². The fourth-order valence-electron chi connectivity index (χ4n) is 3.23. The summed E-state index contributed by atoms with van der Waals surface area (Å²) in [7, 11) is 2.18. The zero-order valence-corrected chi connectivity index (χ0v) is 11.8. The van der Waals surface area contributed by atoms with Crippen LogP contribution in [0.2, 0.25) is 0 Å². The highest BCUT2D eigenvalue weighted by atomic mass is 16.4. The Hall–Kier alpha value is -1.35. The first-order chi connectivity index (χ1) is 9.11. The minimum absolute atomic E-state index is 0.360. The van der Waals surface area contributed by atoms with Crippen LogP contribution in [0.4, 0.5) is 0 Å². The summed E-state index contributed by atoms with van der Waals surface area (Å²) in [5, 5.41) is 8.89. The Morgan fingerprint density at radius 3 is 2.58 bits per heavy atom. The maximum Gasteiger partial charge on any atom is 0.335 e. The van der Waals surface area contributed by atoms with Crippen molar-refractivity contribution in [1.82, 2.24) is 4.90 Å². The number of carboxylic acids is 1. The van der Waals surface area contributed by atoms with E-state index in [-0.39, 0.29) is 0 Å². The van der Waals surface area contributed by atoms with Gasteiger partial charge in [-0.25, -0.2) is 4.79 Å². The summed E-state index contributed by atoms with van der Waals surface area (Å²) in [5.41, 5.74) is 1.55. The molecule has 0 heterocycles. The lowest BCUT2D eigenvalue weighted by molar-refractivity contribution is 0.0697. The van der Waals surface area contributed by atoms with E-state index < -0.39 is 5.97 Å². The van der Waals surface area contributed by atoms with Crippen molar-refractivity contribution < 1.29 is 9.90 Å². The number of carboxylic acid groups (broad SMARTS) is 1. The summed E-state index contributed by atoms with van der Waals surface area (Å²) in [4.78, 5) is 13.2. The average molecular weight is 261 g/mol. The first-order valence-electron chi connectivity index (χ1n) is 7.14. The highest BCUT2D eigenvalue weighted by molar-refractivity contribution is 5.87. The van der Waals surface area contributed by atoms with E-state index in [4.69, 9.17) is 5.11 Å². The van der Waals surface area contributed by atoms with Crippen LogP contribution in [-0.2, 0) is 6.54 Å². The molecular formula is C16H23NO2. The number of hydrogen-bond donors (Lipinski definition) is 1. The summed E-state index contributed by atoms with van der Waals surface area (Å²) in [6.45, 7) is 3.18. The number of hydrogen-bond acceptors (Lipinski definition) is 2. The second kappa shape index (κ2) is 6.20. The number of nitrogens with zero attached hydrogens (tertiary/aromatic N) is 1. The minimum atomic E-state index is -0.859. The number of carbonyl (C=O) groups is 1. The van der Waals surface area contributed by atoms with Crippen LogP contribution >= 0.6 is 0 Å². The van der Waals surface area contributed by atoms with Crippen molar-refractivity contribution in [3.63, 3.8) is 0 Å². The van der Waals surface area contributed by atoms with Crippen molar-refractivity contribution in [2.75, 3.05) is 7.05 Å². The van der Waals surface area contributed by atoms with Crippen LogP contribution in [0.1, 0.15) is 48.5 Å². The summed E-state index contributed by atoms with van der Waals surface area (Å²) < 4.78 is 0. The molecule has 0 saturated heterocycles. The van der Waals surface area contributed by atoms with Crippen molar-refractivity contribution in [2.45, 2.75) is 45.2 Å². The van der Waals surface area contributed by atoms with Gasteiger partial charge in [-0.1, -0.05) is 31.9 Å². The standard InChI is InChI=1S/C16H23NO2/c1-3-13-5-4-6-15(13)17(2)11-12-7-9-14(10-8-12)16(18)19/h7-10,13,15H,3-6,11H2,1-2H3,(H,18,19). The molecule has 1 aliphatic rings. The molecule has 1 aromatic rings. The van der Waals surface area contributed by atoms with Gasteiger partial charge < -0.3 is 5.11 Å². The fraction of sp³-hybridized carbons (Fsp3) is 0.562. The largest absolute Gasteiger partial charge is 0.478 e. The molecule has 0 aromatic heterocycles. The molecule has 0 spiro atoms. The second-order valence-corrected chi connectivity index (χ2v) is 5.58. The van der Waals surface area contributed by atoms with E-state index in [0.29, 0.717) is 11.6 Å². The van der Waals surface area contributed by atoms with E-state index in [1.807, 2.05) is 12.1 Å². The molecule has 19 heavy (non-hydrogen) atoms. The van der Waals surface area contributed by atoms with Gasteiger partial charge in [0.1, 0.15) is 0 Å². The van der Waals surface area contributed by atoms with Gasteiger partial charge in [-0.2, -0.15) is 0 Å². The van der Waals surface area contributed by atoms with Crippen LogP contribution in [0.5, 0.6) is 0 Å². The Bertz CT molecular complexity index is 427. The Morgan fingerprint density at radius 1 is 1.32 bits per heavy atom. The van der Waals surface area contributed by atoms with Crippen molar-refractivity contribution in [2.24, 2.45) is 5.92 Å². The normalized spacial score (nSPS) is 22.9. The molecule has 0 radical (unpaired) electrons. The predicted molar refractivity (Wildman–Crippen MR) is 76.3 cm³/mol. The molecule has 1 fully saturated rings. The summed E-state index contributed by atoms with van der Waals surface area (Å²) in [5.74, 6) is -0.0370. The Labute approximate surface area is 115 Å². The first kappa shape index (κ1) is 14.1. The quantitative estimate of drug-likeness (QED) is 0.883. The summed E-state index contributed by atoms with van der Waals surface area (Å²) in [6.07, 6.45) is 5.24. The lowest BCUT2D eigenvalue weighted by Crippen LogP contribution is -2.33. The van der Waals surface area contributed by atoms with E-state index in [1.165, 1.54) is 31.2 Å². The molecule has 1 aromatic carbocycles. The topological polar surface area (TPSA) is 40.5 Å². The smallest absolute Gasteiger partial charge is 0.335 e. The van der Waals surface area contributed by atoms with E-state index >= 15 is 0 Å². The average Bonchev–Trinajstić information content (AvgIpc) is 2.87. The third-order valence-electron chi connectivity index (χ3n) is 4.34. The van der Waals surface area contributed by atoms with Crippen LogP contribution in [0.15, 0.2) is 24.3 Å². The van der Waals surface area contributed by atoms with Crippen LogP contribution in [0.25, 0.3) is 0 Å². The van der Waals surface area contributed by atoms with Crippen LogP contribution in [-0.4, -0.2) is 29.1 Å². The van der Waals surface area contributed by atoms with Crippen molar-refractivity contribution >= 4 is 5.97 Å². The van der Waals surface area contributed by atoms with Crippen molar-refractivity contribution in [1.29, 1.82) is 0 Å². The third-order valence-corrected chi connectivity index (χ3v) is 4.34. The molecule has 1 aliphatic carbocycles. The van der Waals surface area contributed by atoms with Gasteiger partial charge in [-0.15, -0.1) is 0 Å². The highest BCUT2D eigenvalue weighted by Gasteiger charge is 2.28. The number of rotatable bonds is 5. The molecular weight excluding hydrogens is 238 g/mol. The van der Waals surface area contributed by atoms with Gasteiger partial charge in [-0.3, -0.25) is 4.90 Å². The summed E-state index contributed by atoms with van der Waals surface area (Å²) in [6, 6.07) is 7.92. The lowest BCUT2D eigenvalue weighted by Gasteiger charge is -2.29. The monoisotopic (exact) mass is 261 g/mol. The van der Waals surface area contributed by atoms with Gasteiger partial charge in [0, 0.05) is 12.6 Å². The molecule has 0 bridgehead atoms. The van der Waals surface area contributed by atoms with Crippen molar-refractivity contribution in [3.05, 3.63) is 35.4 Å². The van der Waals surface area contributed by atoms with E-state index in [1.54, 1.807) is 12.1 Å². The highest BCUT2D eigenvalue weighted by Crippen LogP contribution is 2.32. The molecule has 1 saturated carbocycles. The molecule has 2 atom stereocenters. The number of aromatic carboxylic acids is 1. The molecule has 0 aliphatic heterocycles. The maximum atomic E-state index is 10.8. The molecule has 3 nitrogen and oxygen atoms in total. The molecule has 104 valence electrons. The first-order valence-corrected chi connectivity index (χ1v) is 7.14. The van der Waals surface area contributed by atoms with Gasteiger partial charge in [0.2, 0.25) is 0 Å². The molecule has 2 unspecified atom stereocenters. The number of benzene rings is 1. The van der Waals surface area contributed by atoms with E-state index in [0.717, 1.165) is 12.5 Å². The maximum absolute atomic E-state index is 10.8. The molecule has 0 amide bonds. The van der Waals surface area contributed by atoms with E-state index in [2.05, 4.69) is 18.9 Å². The lowest BCUT2D eigenvalue weighted by atomic mass is 9.99. The molecule has 3 heteroatoms. The Kier molecular flexibility index (Phi) is 4.59. The van der Waals surface area contributed by atoms with Crippen LogP contribution < -0.4 is 0 Å². The minimum Gasteiger partial charge on any atom is -0.478 e. The molecule has 2 rings (SSSR count). The van der Waals surface area contributed by atoms with Gasteiger partial charge >= 0.3 is 5.97 Å². The third kappa shape index (κ3) is 3.35. The SMILES string of the molecule is CCC1CCCC1N(C)Cc1ccc(C(=O)O)cc1. The van der Waals surface area contributed by atoms with Gasteiger partial charge in [-0.05, 0) is 43.5 Å². The van der Waals surface area contributed by atoms with Crippen LogP contribution in [0, 0.1) is 5.92 Å².